The normalized spacial score (nSPS) is 25.6. The Labute approximate surface area is 151 Å². The minimum absolute atomic E-state index is 0.0396. The quantitative estimate of drug-likeness (QED) is 0.419. The first-order valence-electron chi connectivity index (χ1n) is 8.51. The van der Waals surface area contributed by atoms with E-state index in [1.165, 1.54) is 0 Å². The van der Waals surface area contributed by atoms with Crippen molar-refractivity contribution in [1.82, 2.24) is 10.2 Å². The highest BCUT2D eigenvalue weighted by molar-refractivity contribution is 7.99. The molecule has 8 heteroatoms. The minimum Gasteiger partial charge on any atom is -0.480 e. The van der Waals surface area contributed by atoms with Crippen LogP contribution < -0.4 is 5.32 Å². The van der Waals surface area contributed by atoms with E-state index >= 15 is 0 Å². The average Bonchev–Trinajstić information content (AvgIpc) is 2.95. The second-order valence-corrected chi connectivity index (χ2v) is 8.32. The van der Waals surface area contributed by atoms with Crippen molar-refractivity contribution in [2.45, 2.75) is 45.6 Å². The number of rotatable bonds is 9. The molecule has 1 aliphatic heterocycles. The zero-order chi connectivity index (χ0) is 18.6. The summed E-state index contributed by atoms with van der Waals surface area (Å²) in [4.78, 5) is 36.3. The lowest BCUT2D eigenvalue weighted by atomic mass is 10.1. The van der Waals surface area contributed by atoms with Crippen molar-refractivity contribution in [2.24, 2.45) is 11.3 Å². The maximum Gasteiger partial charge on any atom is 0.352 e. The summed E-state index contributed by atoms with van der Waals surface area (Å²) in [6.45, 7) is 4.66. The number of nitrogens with zero attached hydrogens (tertiary/aromatic N) is 1. The Morgan fingerprint density at radius 3 is 2.52 bits per heavy atom. The van der Waals surface area contributed by atoms with Crippen molar-refractivity contribution in [3.63, 3.8) is 0 Å². The first-order valence-corrected chi connectivity index (χ1v) is 9.67. The maximum atomic E-state index is 12.0. The van der Waals surface area contributed by atoms with E-state index in [1.54, 1.807) is 17.8 Å². The van der Waals surface area contributed by atoms with E-state index in [0.717, 1.165) is 25.1 Å². The zero-order valence-corrected chi connectivity index (χ0v) is 15.5. The van der Waals surface area contributed by atoms with Gasteiger partial charge >= 0.3 is 11.9 Å². The molecule has 0 bridgehead atoms. The van der Waals surface area contributed by atoms with Gasteiger partial charge in [-0.2, -0.15) is 0 Å². The van der Waals surface area contributed by atoms with E-state index in [0.29, 0.717) is 18.7 Å². The zero-order valence-electron chi connectivity index (χ0n) is 14.7. The summed E-state index contributed by atoms with van der Waals surface area (Å²) in [6, 6.07) is -0.420. The molecule has 2 aliphatic rings. The number of aliphatic carboxylic acids is 2. The molecule has 2 fully saturated rings. The smallest absolute Gasteiger partial charge is 0.352 e. The van der Waals surface area contributed by atoms with Crippen molar-refractivity contribution in [2.75, 3.05) is 18.2 Å². The van der Waals surface area contributed by atoms with E-state index in [-0.39, 0.29) is 22.9 Å². The molecule has 1 amide bonds. The van der Waals surface area contributed by atoms with E-state index in [4.69, 9.17) is 5.11 Å². The number of carboxylic acid groups (broad SMARTS) is 2. The van der Waals surface area contributed by atoms with E-state index < -0.39 is 18.0 Å². The lowest BCUT2D eigenvalue weighted by molar-refractivity contribution is -0.141. The van der Waals surface area contributed by atoms with Crippen LogP contribution >= 0.6 is 11.8 Å². The van der Waals surface area contributed by atoms with Crippen molar-refractivity contribution in [3.8, 4) is 0 Å². The highest BCUT2D eigenvalue weighted by atomic mass is 32.2. The van der Waals surface area contributed by atoms with Crippen molar-refractivity contribution >= 4 is 29.6 Å². The van der Waals surface area contributed by atoms with Crippen LogP contribution in [-0.2, 0) is 14.4 Å². The molecule has 1 heterocycles. The Hall–Kier alpha value is -1.54. The SMILES string of the molecule is CC1(C)C[C@@H]1C(=O)N/C(=C\CCCCN1CSC[C@H]1C(=O)O)C(=O)O. The number of unbranched alkanes of at least 4 members (excludes halogenated alkanes) is 2. The van der Waals surface area contributed by atoms with Gasteiger partial charge in [-0.3, -0.25) is 14.5 Å². The second kappa shape index (κ2) is 8.23. The maximum absolute atomic E-state index is 12.0. The molecule has 1 saturated heterocycles. The molecule has 1 aliphatic carbocycles. The predicted octanol–water partition coefficient (Wildman–Crippen LogP) is 1.75. The standard InChI is InChI=1S/C17H26N2O5S/c1-17(2)8-11(17)14(20)18-12(15(21)22)6-4-3-5-7-19-10-25-9-13(19)16(23)24/h6,11,13H,3-5,7-10H2,1-2H3,(H,18,20)(H,21,22)(H,23,24)/b12-6-/t11-,13+/m1/s1. The molecule has 2 atom stereocenters. The number of hydrogen-bond acceptors (Lipinski definition) is 5. The molecule has 1 saturated carbocycles. The van der Waals surface area contributed by atoms with Gasteiger partial charge in [-0.15, -0.1) is 11.8 Å². The average molecular weight is 370 g/mol. The molecule has 2 rings (SSSR count). The van der Waals surface area contributed by atoms with Crippen LogP contribution in [0.25, 0.3) is 0 Å². The van der Waals surface area contributed by atoms with Crippen molar-refractivity contribution in [3.05, 3.63) is 11.8 Å². The summed E-state index contributed by atoms with van der Waals surface area (Å²) in [7, 11) is 0. The Kier molecular flexibility index (Phi) is 6.51. The van der Waals surface area contributed by atoms with Crippen LogP contribution in [0.15, 0.2) is 11.8 Å². The predicted molar refractivity (Wildman–Crippen MR) is 95.1 cm³/mol. The summed E-state index contributed by atoms with van der Waals surface area (Å²) in [6.07, 6.45) is 4.40. The molecule has 3 N–H and O–H groups in total. The third kappa shape index (κ3) is 5.47. The number of nitrogens with one attached hydrogen (secondary N) is 1. The second-order valence-electron chi connectivity index (χ2n) is 7.32. The van der Waals surface area contributed by atoms with Gasteiger partial charge in [-0.1, -0.05) is 19.9 Å². The molecule has 0 radical (unpaired) electrons. The van der Waals surface area contributed by atoms with Gasteiger partial charge in [0.2, 0.25) is 5.91 Å². The van der Waals surface area contributed by atoms with Gasteiger partial charge in [0, 0.05) is 17.5 Å². The Morgan fingerprint density at radius 2 is 1.96 bits per heavy atom. The van der Waals surface area contributed by atoms with E-state index in [9.17, 15) is 19.5 Å². The molecular weight excluding hydrogens is 344 g/mol. The van der Waals surface area contributed by atoms with Crippen molar-refractivity contribution < 1.29 is 24.6 Å². The van der Waals surface area contributed by atoms with Gasteiger partial charge in [0.15, 0.2) is 0 Å². The first kappa shape index (κ1) is 19.8. The van der Waals surface area contributed by atoms with Crippen LogP contribution in [-0.4, -0.2) is 57.2 Å². The van der Waals surface area contributed by atoms with Gasteiger partial charge in [-0.05, 0) is 37.6 Å². The number of carboxylic acids is 2. The van der Waals surface area contributed by atoms with Gasteiger partial charge < -0.3 is 15.5 Å². The highest BCUT2D eigenvalue weighted by Gasteiger charge is 2.50. The lowest BCUT2D eigenvalue weighted by Crippen LogP contribution is -2.38. The van der Waals surface area contributed by atoms with Crippen LogP contribution in [0.3, 0.4) is 0 Å². The lowest BCUT2D eigenvalue weighted by Gasteiger charge is -2.19. The Balaban J connectivity index is 1.73. The van der Waals surface area contributed by atoms with Gasteiger partial charge in [0.25, 0.3) is 0 Å². The summed E-state index contributed by atoms with van der Waals surface area (Å²) >= 11 is 1.61. The fraction of sp³-hybridized carbons (Fsp3) is 0.706. The molecule has 0 aromatic carbocycles. The molecular formula is C17H26N2O5S. The minimum atomic E-state index is -1.13. The Morgan fingerprint density at radius 1 is 1.28 bits per heavy atom. The topological polar surface area (TPSA) is 107 Å². The molecule has 0 aromatic heterocycles. The van der Waals surface area contributed by atoms with Gasteiger partial charge in [0.1, 0.15) is 11.7 Å². The molecule has 25 heavy (non-hydrogen) atoms. The number of thioether (sulfide) groups is 1. The van der Waals surface area contributed by atoms with E-state index in [2.05, 4.69) is 5.32 Å². The number of hydrogen-bond donors (Lipinski definition) is 3. The van der Waals surface area contributed by atoms with Crippen LogP contribution in [0.5, 0.6) is 0 Å². The van der Waals surface area contributed by atoms with Crippen LogP contribution in [0.2, 0.25) is 0 Å². The summed E-state index contributed by atoms with van der Waals surface area (Å²) in [5.74, 6) is -0.923. The third-order valence-corrected chi connectivity index (χ3v) is 5.89. The first-order chi connectivity index (χ1) is 11.7. The summed E-state index contributed by atoms with van der Waals surface area (Å²) in [5, 5.41) is 20.9. The molecule has 7 nitrogen and oxygen atoms in total. The van der Waals surface area contributed by atoms with Crippen LogP contribution in [0, 0.1) is 11.3 Å². The molecule has 0 unspecified atom stereocenters. The molecule has 0 aromatic rings. The fourth-order valence-corrected chi connectivity index (χ4v) is 4.18. The number of carbonyl (C=O) groups is 3. The van der Waals surface area contributed by atoms with Crippen molar-refractivity contribution in [1.29, 1.82) is 0 Å². The number of allylic oxidation sites excluding steroid dienone is 1. The third-order valence-electron chi connectivity index (χ3n) is 4.82. The largest absolute Gasteiger partial charge is 0.480 e. The van der Waals surface area contributed by atoms with E-state index in [1.807, 2.05) is 18.7 Å². The van der Waals surface area contributed by atoms with Crippen LogP contribution in [0.4, 0.5) is 0 Å². The van der Waals surface area contributed by atoms with Gasteiger partial charge in [0.05, 0.1) is 0 Å². The monoisotopic (exact) mass is 370 g/mol. The summed E-state index contributed by atoms with van der Waals surface area (Å²) < 4.78 is 0. The van der Waals surface area contributed by atoms with Crippen LogP contribution in [0.1, 0.15) is 39.5 Å². The summed E-state index contributed by atoms with van der Waals surface area (Å²) in [5.41, 5.74) is -0.102. The molecule has 140 valence electrons. The highest BCUT2D eigenvalue weighted by Crippen LogP contribution is 2.51. The Bertz CT molecular complexity index is 575. The van der Waals surface area contributed by atoms with Gasteiger partial charge in [-0.25, -0.2) is 4.79 Å². The fourth-order valence-electron chi connectivity index (χ4n) is 2.96. The number of carbonyl (C=O) groups excluding carboxylic acids is 1. The number of amides is 1. The molecule has 0 spiro atoms.